The van der Waals surface area contributed by atoms with Gasteiger partial charge >= 0.3 is 0 Å². The lowest BCUT2D eigenvalue weighted by atomic mass is 10.1. The molecule has 1 amide bonds. The van der Waals surface area contributed by atoms with Crippen LogP contribution in [0.25, 0.3) is 11.3 Å². The van der Waals surface area contributed by atoms with E-state index in [2.05, 4.69) is 10.3 Å². The fourth-order valence-corrected chi connectivity index (χ4v) is 2.51. The molecule has 2 aromatic carbocycles. The van der Waals surface area contributed by atoms with Crippen LogP contribution < -0.4 is 14.8 Å². The van der Waals surface area contributed by atoms with E-state index in [0.29, 0.717) is 24.7 Å². The normalized spacial score (nSPS) is 10.4. The van der Waals surface area contributed by atoms with Gasteiger partial charge in [-0.3, -0.25) is 4.79 Å². The Hall–Kier alpha value is -3.28. The molecule has 1 heterocycles. The molecular weight excluding hydrogens is 332 g/mol. The van der Waals surface area contributed by atoms with Crippen molar-refractivity contribution < 1.29 is 18.7 Å². The molecule has 0 aliphatic carbocycles. The van der Waals surface area contributed by atoms with E-state index in [1.54, 1.807) is 13.2 Å². The summed E-state index contributed by atoms with van der Waals surface area (Å²) in [6.07, 6.45) is 1.26. The Morgan fingerprint density at radius 2 is 1.96 bits per heavy atom. The second-order valence-corrected chi connectivity index (χ2v) is 5.52. The lowest BCUT2D eigenvalue weighted by Gasteiger charge is -2.07. The molecule has 0 aliphatic rings. The summed E-state index contributed by atoms with van der Waals surface area (Å²) in [5.41, 5.74) is 1.94. The number of carbonyl (C=O) groups is 1. The molecule has 134 valence electrons. The van der Waals surface area contributed by atoms with Crippen molar-refractivity contribution in [1.82, 2.24) is 10.3 Å². The Kier molecular flexibility index (Phi) is 5.53. The number of benzene rings is 2. The molecule has 3 aromatic rings. The van der Waals surface area contributed by atoms with Crippen LogP contribution in [0, 0.1) is 0 Å². The minimum Gasteiger partial charge on any atom is -0.497 e. The number of rotatable bonds is 7. The van der Waals surface area contributed by atoms with E-state index in [9.17, 15) is 4.79 Å². The van der Waals surface area contributed by atoms with E-state index in [4.69, 9.17) is 13.9 Å². The molecule has 0 radical (unpaired) electrons. The van der Waals surface area contributed by atoms with Crippen molar-refractivity contribution in [2.75, 3.05) is 13.7 Å². The van der Waals surface area contributed by atoms with E-state index in [0.717, 1.165) is 16.9 Å². The Bertz CT molecular complexity index is 872. The van der Waals surface area contributed by atoms with Crippen LogP contribution in [0.2, 0.25) is 0 Å². The topological polar surface area (TPSA) is 73.6 Å². The molecule has 26 heavy (non-hydrogen) atoms. The van der Waals surface area contributed by atoms with Crippen molar-refractivity contribution in [3.05, 3.63) is 66.2 Å². The summed E-state index contributed by atoms with van der Waals surface area (Å²) in [4.78, 5) is 16.6. The van der Waals surface area contributed by atoms with Gasteiger partial charge in [0.15, 0.2) is 17.8 Å². The maximum absolute atomic E-state index is 12.5. The quantitative estimate of drug-likeness (QED) is 0.702. The van der Waals surface area contributed by atoms with Crippen molar-refractivity contribution in [2.24, 2.45) is 0 Å². The molecule has 0 unspecified atom stereocenters. The fourth-order valence-electron chi connectivity index (χ4n) is 2.51. The summed E-state index contributed by atoms with van der Waals surface area (Å²) >= 11 is 0. The number of hydrogen-bond donors (Lipinski definition) is 1. The van der Waals surface area contributed by atoms with Crippen LogP contribution in [0.15, 0.2) is 59.3 Å². The monoisotopic (exact) mass is 352 g/mol. The Morgan fingerprint density at radius 3 is 2.69 bits per heavy atom. The molecule has 0 fully saturated rings. The number of hydrogen-bond acceptors (Lipinski definition) is 5. The predicted molar refractivity (Wildman–Crippen MR) is 97.3 cm³/mol. The molecule has 0 aliphatic heterocycles. The Morgan fingerprint density at radius 1 is 1.15 bits per heavy atom. The second kappa shape index (κ2) is 8.20. The number of nitrogens with one attached hydrogen (secondary N) is 1. The molecule has 0 saturated heterocycles. The Labute approximate surface area is 151 Å². The summed E-state index contributed by atoms with van der Waals surface area (Å²) in [6.45, 7) is 2.94. The summed E-state index contributed by atoms with van der Waals surface area (Å²) in [5.74, 6) is 1.59. The minimum absolute atomic E-state index is 0.240. The highest BCUT2D eigenvalue weighted by Gasteiger charge is 2.18. The number of amides is 1. The summed E-state index contributed by atoms with van der Waals surface area (Å²) in [7, 11) is 1.59. The van der Waals surface area contributed by atoms with Crippen molar-refractivity contribution in [3.63, 3.8) is 0 Å². The zero-order chi connectivity index (χ0) is 18.4. The first kappa shape index (κ1) is 17.5. The van der Waals surface area contributed by atoms with Crippen LogP contribution in [-0.4, -0.2) is 24.6 Å². The highest BCUT2D eigenvalue weighted by atomic mass is 16.5. The molecule has 6 heteroatoms. The minimum atomic E-state index is -0.301. The van der Waals surface area contributed by atoms with E-state index in [-0.39, 0.29) is 11.6 Å². The largest absolute Gasteiger partial charge is 0.497 e. The lowest BCUT2D eigenvalue weighted by Crippen LogP contribution is -2.23. The van der Waals surface area contributed by atoms with Gasteiger partial charge in [-0.1, -0.05) is 24.3 Å². The van der Waals surface area contributed by atoms with E-state index in [1.165, 1.54) is 6.39 Å². The molecular formula is C20H20N2O4. The fraction of sp³-hybridized carbons (Fsp3) is 0.200. The van der Waals surface area contributed by atoms with Gasteiger partial charge in [0.1, 0.15) is 11.5 Å². The van der Waals surface area contributed by atoms with Crippen LogP contribution in [0.3, 0.4) is 0 Å². The third-order valence-corrected chi connectivity index (χ3v) is 3.80. The van der Waals surface area contributed by atoms with Gasteiger partial charge in [-0.05, 0) is 36.8 Å². The molecule has 0 bridgehead atoms. The van der Waals surface area contributed by atoms with Crippen LogP contribution in [-0.2, 0) is 6.54 Å². The maximum atomic E-state index is 12.5. The first-order valence-corrected chi connectivity index (χ1v) is 8.29. The van der Waals surface area contributed by atoms with Crippen molar-refractivity contribution in [2.45, 2.75) is 13.5 Å². The van der Waals surface area contributed by atoms with E-state index >= 15 is 0 Å². The van der Waals surface area contributed by atoms with Gasteiger partial charge < -0.3 is 19.2 Å². The molecule has 3 rings (SSSR count). The SMILES string of the molecule is CCOc1ccc(CNC(=O)c2ncoc2-c2cccc(OC)c2)cc1. The highest BCUT2D eigenvalue weighted by molar-refractivity contribution is 5.97. The molecule has 0 saturated carbocycles. The van der Waals surface area contributed by atoms with Crippen molar-refractivity contribution in [3.8, 4) is 22.8 Å². The van der Waals surface area contributed by atoms with Crippen LogP contribution in [0.4, 0.5) is 0 Å². The third-order valence-electron chi connectivity index (χ3n) is 3.80. The van der Waals surface area contributed by atoms with E-state index in [1.807, 2.05) is 49.4 Å². The third kappa shape index (κ3) is 4.03. The van der Waals surface area contributed by atoms with Gasteiger partial charge in [0, 0.05) is 12.1 Å². The smallest absolute Gasteiger partial charge is 0.274 e. The number of ether oxygens (including phenoxy) is 2. The number of nitrogens with zero attached hydrogens (tertiary/aromatic N) is 1. The summed E-state index contributed by atoms with van der Waals surface area (Å²) in [6, 6.07) is 14.9. The average molecular weight is 352 g/mol. The molecule has 1 aromatic heterocycles. The van der Waals surface area contributed by atoms with Gasteiger partial charge in [0.25, 0.3) is 5.91 Å². The first-order chi connectivity index (χ1) is 12.7. The van der Waals surface area contributed by atoms with Gasteiger partial charge in [-0.15, -0.1) is 0 Å². The van der Waals surface area contributed by atoms with E-state index < -0.39 is 0 Å². The van der Waals surface area contributed by atoms with Gasteiger partial charge in [0.2, 0.25) is 0 Å². The van der Waals surface area contributed by atoms with Crippen LogP contribution >= 0.6 is 0 Å². The highest BCUT2D eigenvalue weighted by Crippen LogP contribution is 2.26. The second-order valence-electron chi connectivity index (χ2n) is 5.52. The van der Waals surface area contributed by atoms with Crippen LogP contribution in [0.5, 0.6) is 11.5 Å². The summed E-state index contributed by atoms with van der Waals surface area (Å²) < 4.78 is 16.0. The molecule has 0 atom stereocenters. The first-order valence-electron chi connectivity index (χ1n) is 8.29. The number of oxazole rings is 1. The molecule has 0 spiro atoms. The van der Waals surface area contributed by atoms with Gasteiger partial charge in [-0.25, -0.2) is 4.98 Å². The number of aromatic nitrogens is 1. The zero-order valence-corrected chi connectivity index (χ0v) is 14.7. The predicted octanol–water partition coefficient (Wildman–Crippen LogP) is 3.68. The molecule has 1 N–H and O–H groups in total. The zero-order valence-electron chi connectivity index (χ0n) is 14.7. The molecule has 6 nitrogen and oxygen atoms in total. The lowest BCUT2D eigenvalue weighted by molar-refractivity contribution is 0.0946. The van der Waals surface area contributed by atoms with Crippen molar-refractivity contribution in [1.29, 1.82) is 0 Å². The maximum Gasteiger partial charge on any atom is 0.274 e. The number of carbonyl (C=O) groups excluding carboxylic acids is 1. The van der Waals surface area contributed by atoms with Crippen molar-refractivity contribution >= 4 is 5.91 Å². The standard InChI is InChI=1S/C20H20N2O4/c1-3-25-16-9-7-14(8-10-16)12-21-20(23)18-19(26-13-22-18)15-5-4-6-17(11-15)24-2/h4-11,13H,3,12H2,1-2H3,(H,21,23). The number of methoxy groups -OCH3 is 1. The van der Waals surface area contributed by atoms with Gasteiger partial charge in [-0.2, -0.15) is 0 Å². The van der Waals surface area contributed by atoms with Crippen LogP contribution in [0.1, 0.15) is 23.0 Å². The Balaban J connectivity index is 1.70. The van der Waals surface area contributed by atoms with Gasteiger partial charge in [0.05, 0.1) is 13.7 Å². The average Bonchev–Trinajstić information content (AvgIpc) is 3.17. The summed E-state index contributed by atoms with van der Waals surface area (Å²) in [5, 5.41) is 2.86.